The van der Waals surface area contributed by atoms with Crippen LogP contribution in [0.4, 0.5) is 0 Å². The molecule has 0 bridgehead atoms. The zero-order valence-electron chi connectivity index (χ0n) is 15.1. The van der Waals surface area contributed by atoms with Crippen LogP contribution in [0.5, 0.6) is 0 Å². The van der Waals surface area contributed by atoms with Gasteiger partial charge in [0.2, 0.25) is 0 Å². The molecule has 0 saturated heterocycles. The Morgan fingerprint density at radius 1 is 0.682 bits per heavy atom. The maximum absolute atomic E-state index is 6.55. The molecule has 0 aromatic heterocycles. The van der Waals surface area contributed by atoms with E-state index in [9.17, 15) is 0 Å². The summed E-state index contributed by atoms with van der Waals surface area (Å²) in [5.41, 5.74) is 6.19. The van der Waals surface area contributed by atoms with Crippen molar-refractivity contribution in [1.29, 1.82) is 0 Å². The first-order valence-electron chi connectivity index (χ1n) is 7.44. The molecule has 0 radical (unpaired) electrons. The minimum Gasteiger partial charge on any atom is -0.377 e. The van der Waals surface area contributed by atoms with Crippen LogP contribution in [0.3, 0.4) is 0 Å². The van der Waals surface area contributed by atoms with Gasteiger partial charge in [-0.05, 0) is 19.3 Å². The highest BCUT2D eigenvalue weighted by atomic mass is 28.4. The quantitative estimate of drug-likeness (QED) is 0.503. The molecule has 0 heterocycles. The van der Waals surface area contributed by atoms with Crippen LogP contribution in [-0.2, 0) is 26.6 Å². The van der Waals surface area contributed by atoms with Gasteiger partial charge in [0.05, 0.1) is 0 Å². The van der Waals surface area contributed by atoms with E-state index in [1.54, 1.807) is 42.7 Å². The van der Waals surface area contributed by atoms with Crippen molar-refractivity contribution in [3.8, 4) is 0 Å². The third-order valence-electron chi connectivity index (χ3n) is 4.43. The summed E-state index contributed by atoms with van der Waals surface area (Å²) in [6.07, 6.45) is 2.32. The van der Waals surface area contributed by atoms with Crippen molar-refractivity contribution >= 4 is 17.6 Å². The van der Waals surface area contributed by atoms with Crippen LogP contribution in [0.25, 0.3) is 0 Å². The van der Waals surface area contributed by atoms with E-state index in [1.807, 2.05) is 0 Å². The Labute approximate surface area is 137 Å². The third-order valence-corrected chi connectivity index (χ3v) is 9.89. The lowest BCUT2D eigenvalue weighted by molar-refractivity contribution is 0.115. The van der Waals surface area contributed by atoms with E-state index in [0.29, 0.717) is 12.1 Å². The van der Waals surface area contributed by atoms with Gasteiger partial charge in [-0.25, -0.2) is 0 Å². The van der Waals surface area contributed by atoms with E-state index in [-0.39, 0.29) is 5.54 Å². The maximum atomic E-state index is 6.55. The molecule has 0 fully saturated rings. The Kier molecular flexibility index (Phi) is 10.2. The van der Waals surface area contributed by atoms with Crippen molar-refractivity contribution < 1.29 is 26.6 Å². The van der Waals surface area contributed by atoms with Gasteiger partial charge in [-0.3, -0.25) is 0 Å². The molecule has 22 heavy (non-hydrogen) atoms. The van der Waals surface area contributed by atoms with Gasteiger partial charge in [-0.15, -0.1) is 0 Å². The van der Waals surface area contributed by atoms with Crippen molar-refractivity contribution in [2.75, 3.05) is 42.7 Å². The van der Waals surface area contributed by atoms with Gasteiger partial charge < -0.3 is 32.3 Å². The Morgan fingerprint density at radius 3 is 1.14 bits per heavy atom. The summed E-state index contributed by atoms with van der Waals surface area (Å²) in [5.74, 6) is 0. The van der Waals surface area contributed by atoms with Crippen molar-refractivity contribution in [2.24, 2.45) is 5.73 Å². The molecule has 0 rings (SSSR count). The molecule has 7 nitrogen and oxygen atoms in total. The summed E-state index contributed by atoms with van der Waals surface area (Å²) in [6, 6.07) is 1.34. The average Bonchev–Trinajstić information content (AvgIpc) is 2.58. The molecular weight excluding hydrogens is 322 g/mol. The summed E-state index contributed by atoms with van der Waals surface area (Å²) in [4.78, 5) is 0. The van der Waals surface area contributed by atoms with Crippen LogP contribution in [-0.4, -0.2) is 65.8 Å². The summed E-state index contributed by atoms with van der Waals surface area (Å²) < 4.78 is 32.8. The highest BCUT2D eigenvalue weighted by Gasteiger charge is 2.43. The fourth-order valence-corrected chi connectivity index (χ4v) is 6.23. The molecular formula is C13H33NO6Si2. The van der Waals surface area contributed by atoms with E-state index in [0.717, 1.165) is 19.3 Å². The second kappa shape index (κ2) is 10.1. The topological polar surface area (TPSA) is 81.4 Å². The molecule has 0 aromatic rings. The number of hydrogen-bond acceptors (Lipinski definition) is 7. The van der Waals surface area contributed by atoms with E-state index < -0.39 is 17.6 Å². The average molecular weight is 356 g/mol. The predicted molar refractivity (Wildman–Crippen MR) is 89.6 cm³/mol. The van der Waals surface area contributed by atoms with Gasteiger partial charge in [-0.1, -0.05) is 6.92 Å². The van der Waals surface area contributed by atoms with Crippen molar-refractivity contribution in [1.82, 2.24) is 0 Å². The monoisotopic (exact) mass is 355 g/mol. The predicted octanol–water partition coefficient (Wildman–Crippen LogP) is 1.63. The molecule has 134 valence electrons. The van der Waals surface area contributed by atoms with Gasteiger partial charge in [0.15, 0.2) is 0 Å². The molecule has 2 N–H and O–H groups in total. The van der Waals surface area contributed by atoms with Crippen molar-refractivity contribution in [3.05, 3.63) is 0 Å². The molecule has 0 aliphatic carbocycles. The zero-order chi connectivity index (χ0) is 17.3. The fourth-order valence-electron chi connectivity index (χ4n) is 2.40. The van der Waals surface area contributed by atoms with E-state index in [2.05, 4.69) is 6.92 Å². The molecule has 0 aliphatic heterocycles. The van der Waals surface area contributed by atoms with E-state index >= 15 is 0 Å². The van der Waals surface area contributed by atoms with Crippen LogP contribution < -0.4 is 5.73 Å². The standard InChI is InChI=1S/C13H33NO6Si2/c1-8-13(14,9-11-21(15-2,16-3)17-4)10-12-22(18-5,19-6)20-7/h8-12,14H2,1-7H3. The highest BCUT2D eigenvalue weighted by Crippen LogP contribution is 2.29. The molecule has 0 amide bonds. The summed E-state index contributed by atoms with van der Waals surface area (Å²) in [5, 5.41) is 0. The Hall–Kier alpha value is 0.154. The molecule has 0 aliphatic rings. The molecule has 0 unspecified atom stereocenters. The molecule has 9 heteroatoms. The highest BCUT2D eigenvalue weighted by molar-refractivity contribution is 6.61. The van der Waals surface area contributed by atoms with E-state index in [1.165, 1.54) is 0 Å². The summed E-state index contributed by atoms with van der Waals surface area (Å²) in [6.45, 7) is 2.07. The third kappa shape index (κ3) is 5.98. The van der Waals surface area contributed by atoms with Crippen LogP contribution in [0.1, 0.15) is 26.2 Å². The normalized spacial score (nSPS) is 13.6. The lowest BCUT2D eigenvalue weighted by atomic mass is 9.91. The molecule has 0 atom stereocenters. The maximum Gasteiger partial charge on any atom is 0.500 e. The molecule has 0 aromatic carbocycles. The Bertz CT molecular complexity index is 260. The van der Waals surface area contributed by atoms with Gasteiger partial charge in [-0.2, -0.15) is 0 Å². The van der Waals surface area contributed by atoms with Gasteiger partial charge in [0.25, 0.3) is 0 Å². The molecule has 0 saturated carbocycles. The number of hydrogen-bond donors (Lipinski definition) is 1. The van der Waals surface area contributed by atoms with Crippen LogP contribution in [0.15, 0.2) is 0 Å². The molecule has 0 spiro atoms. The van der Waals surface area contributed by atoms with Gasteiger partial charge in [0.1, 0.15) is 0 Å². The number of nitrogens with two attached hydrogens (primary N) is 1. The second-order valence-electron chi connectivity index (χ2n) is 5.31. The Morgan fingerprint density at radius 2 is 0.955 bits per heavy atom. The van der Waals surface area contributed by atoms with Crippen LogP contribution >= 0.6 is 0 Å². The van der Waals surface area contributed by atoms with Crippen molar-refractivity contribution in [3.63, 3.8) is 0 Å². The Balaban J connectivity index is 4.77. The number of rotatable bonds is 13. The minimum absolute atomic E-state index is 0.359. The van der Waals surface area contributed by atoms with Crippen molar-refractivity contribution in [2.45, 2.75) is 43.8 Å². The lowest BCUT2D eigenvalue weighted by Crippen LogP contribution is -2.50. The minimum atomic E-state index is -2.61. The van der Waals surface area contributed by atoms with Crippen LogP contribution in [0.2, 0.25) is 12.1 Å². The SMILES string of the molecule is CCC(N)(CC[Si](OC)(OC)OC)CC[Si](OC)(OC)OC. The largest absolute Gasteiger partial charge is 0.500 e. The lowest BCUT2D eigenvalue weighted by Gasteiger charge is -2.34. The van der Waals surface area contributed by atoms with Gasteiger partial charge >= 0.3 is 17.6 Å². The smallest absolute Gasteiger partial charge is 0.377 e. The van der Waals surface area contributed by atoms with Gasteiger partial charge in [0, 0.05) is 60.3 Å². The second-order valence-corrected chi connectivity index (χ2v) is 11.5. The first kappa shape index (κ1) is 22.2. The van der Waals surface area contributed by atoms with E-state index in [4.69, 9.17) is 32.3 Å². The first-order valence-corrected chi connectivity index (χ1v) is 11.3. The van der Waals surface area contributed by atoms with Crippen LogP contribution in [0, 0.1) is 0 Å². The fraction of sp³-hybridized carbons (Fsp3) is 1.00. The first-order chi connectivity index (χ1) is 10.3. The summed E-state index contributed by atoms with van der Waals surface area (Å²) >= 11 is 0. The zero-order valence-corrected chi connectivity index (χ0v) is 17.1. The summed E-state index contributed by atoms with van der Waals surface area (Å²) in [7, 11) is 4.47.